The predicted octanol–water partition coefficient (Wildman–Crippen LogP) is 4.04. The Morgan fingerprint density at radius 1 is 1.17 bits per heavy atom. The maximum absolute atomic E-state index is 11.4. The van der Waals surface area contributed by atoms with Crippen molar-refractivity contribution >= 4 is 13.6 Å². The summed E-state index contributed by atoms with van der Waals surface area (Å²) in [4.78, 5) is 20.1. The first-order valence-electron chi connectivity index (χ1n) is 6.69. The van der Waals surface area contributed by atoms with Crippen molar-refractivity contribution in [3.05, 3.63) is 12.7 Å². The van der Waals surface area contributed by atoms with Gasteiger partial charge in [0.05, 0.1) is 6.16 Å². The van der Waals surface area contributed by atoms with E-state index >= 15 is 0 Å². The van der Waals surface area contributed by atoms with Gasteiger partial charge in [-0.15, -0.1) is 0 Å². The molecule has 0 rings (SSSR count). The highest BCUT2D eigenvalue weighted by molar-refractivity contribution is 7.53. The Morgan fingerprint density at radius 3 is 2.17 bits per heavy atom. The molecule has 0 aromatic heterocycles. The standard InChI is InChI=1S/C13H25O4P/c1-3-5-6-7-8-9-10-11-12-18(15,16)17-13(14)4-2/h4H,2-3,5-12H2,1H3,(H,15,16). The van der Waals surface area contributed by atoms with Crippen LogP contribution in [0, 0.1) is 0 Å². The summed E-state index contributed by atoms with van der Waals surface area (Å²) in [5, 5.41) is 0. The Morgan fingerprint density at radius 2 is 1.67 bits per heavy atom. The van der Waals surface area contributed by atoms with E-state index in [2.05, 4.69) is 18.0 Å². The van der Waals surface area contributed by atoms with E-state index in [4.69, 9.17) is 0 Å². The van der Waals surface area contributed by atoms with Crippen LogP contribution in [0.25, 0.3) is 0 Å². The summed E-state index contributed by atoms with van der Waals surface area (Å²) in [5.41, 5.74) is 0. The molecule has 0 saturated heterocycles. The van der Waals surface area contributed by atoms with Crippen LogP contribution < -0.4 is 0 Å². The third kappa shape index (κ3) is 10.5. The van der Waals surface area contributed by atoms with Gasteiger partial charge in [-0.2, -0.15) is 0 Å². The van der Waals surface area contributed by atoms with E-state index in [-0.39, 0.29) is 6.16 Å². The summed E-state index contributed by atoms with van der Waals surface area (Å²) in [6.45, 7) is 5.37. The van der Waals surface area contributed by atoms with Crippen molar-refractivity contribution in [1.29, 1.82) is 0 Å². The van der Waals surface area contributed by atoms with Gasteiger partial charge in [-0.05, 0) is 6.42 Å². The van der Waals surface area contributed by atoms with Crippen LogP contribution in [0.2, 0.25) is 0 Å². The van der Waals surface area contributed by atoms with Crippen LogP contribution in [0.1, 0.15) is 58.3 Å². The Labute approximate surface area is 110 Å². The molecule has 0 fully saturated rings. The maximum atomic E-state index is 11.4. The van der Waals surface area contributed by atoms with E-state index in [0.717, 1.165) is 18.9 Å². The van der Waals surface area contributed by atoms with Crippen LogP contribution in [0.3, 0.4) is 0 Å². The average molecular weight is 276 g/mol. The van der Waals surface area contributed by atoms with Crippen molar-refractivity contribution < 1.29 is 18.8 Å². The van der Waals surface area contributed by atoms with Crippen molar-refractivity contribution in [1.82, 2.24) is 0 Å². The lowest BCUT2D eigenvalue weighted by atomic mass is 10.1. The summed E-state index contributed by atoms with van der Waals surface area (Å²) >= 11 is 0. The zero-order valence-corrected chi connectivity index (χ0v) is 12.2. The van der Waals surface area contributed by atoms with Gasteiger partial charge in [0.1, 0.15) is 0 Å². The van der Waals surface area contributed by atoms with Crippen LogP contribution in [-0.4, -0.2) is 17.0 Å². The third-order valence-corrected chi connectivity index (χ3v) is 4.04. The minimum atomic E-state index is -3.75. The molecule has 0 amide bonds. The summed E-state index contributed by atoms with van der Waals surface area (Å²) in [6, 6.07) is 0. The lowest BCUT2D eigenvalue weighted by Crippen LogP contribution is -2.01. The molecule has 0 aliphatic rings. The Kier molecular flexibility index (Phi) is 9.99. The molecule has 0 saturated carbocycles. The Bertz CT molecular complexity index is 289. The SMILES string of the molecule is C=CC(=O)OP(=O)(O)CCCCCCCCCC. The van der Waals surface area contributed by atoms with E-state index in [1.807, 2.05) is 0 Å². The smallest absolute Gasteiger partial charge is 0.378 e. The molecular formula is C13H25O4P. The minimum Gasteiger partial charge on any atom is -0.388 e. The van der Waals surface area contributed by atoms with E-state index in [0.29, 0.717) is 6.42 Å². The molecule has 1 atom stereocenters. The van der Waals surface area contributed by atoms with Gasteiger partial charge in [-0.25, -0.2) is 9.36 Å². The molecule has 0 aromatic rings. The van der Waals surface area contributed by atoms with Gasteiger partial charge >= 0.3 is 13.6 Å². The van der Waals surface area contributed by atoms with Crippen molar-refractivity contribution in [2.24, 2.45) is 0 Å². The topological polar surface area (TPSA) is 63.6 Å². The number of carbonyl (C=O) groups is 1. The fraction of sp³-hybridized carbons (Fsp3) is 0.769. The number of hydrogen-bond acceptors (Lipinski definition) is 3. The lowest BCUT2D eigenvalue weighted by Gasteiger charge is -2.10. The fourth-order valence-corrected chi connectivity index (χ4v) is 2.74. The average Bonchev–Trinajstić information content (AvgIpc) is 2.31. The molecule has 0 spiro atoms. The molecular weight excluding hydrogens is 251 g/mol. The number of rotatable bonds is 11. The first kappa shape index (κ1) is 17.4. The quantitative estimate of drug-likeness (QED) is 0.351. The molecule has 106 valence electrons. The van der Waals surface area contributed by atoms with Crippen LogP contribution in [0.5, 0.6) is 0 Å². The van der Waals surface area contributed by atoms with Crippen molar-refractivity contribution in [2.75, 3.05) is 6.16 Å². The normalized spacial score (nSPS) is 13.9. The van der Waals surface area contributed by atoms with Crippen molar-refractivity contribution in [3.8, 4) is 0 Å². The highest BCUT2D eigenvalue weighted by Crippen LogP contribution is 2.43. The predicted molar refractivity (Wildman–Crippen MR) is 73.6 cm³/mol. The molecule has 0 aliphatic carbocycles. The van der Waals surface area contributed by atoms with Gasteiger partial charge in [-0.3, -0.25) is 0 Å². The molecule has 4 nitrogen and oxygen atoms in total. The molecule has 1 unspecified atom stereocenters. The van der Waals surface area contributed by atoms with E-state index in [9.17, 15) is 14.3 Å². The van der Waals surface area contributed by atoms with Crippen LogP contribution in [0.15, 0.2) is 12.7 Å². The van der Waals surface area contributed by atoms with Crippen molar-refractivity contribution in [2.45, 2.75) is 58.3 Å². The second-order valence-corrected chi connectivity index (χ2v) is 6.36. The number of carbonyl (C=O) groups excluding carboxylic acids is 1. The summed E-state index contributed by atoms with van der Waals surface area (Å²) in [5.74, 6) is -0.833. The molecule has 5 heteroatoms. The highest BCUT2D eigenvalue weighted by atomic mass is 31.2. The fourth-order valence-electron chi connectivity index (χ4n) is 1.67. The van der Waals surface area contributed by atoms with Crippen LogP contribution in [-0.2, 0) is 13.9 Å². The van der Waals surface area contributed by atoms with Crippen molar-refractivity contribution in [3.63, 3.8) is 0 Å². The Balaban J connectivity index is 3.50. The van der Waals surface area contributed by atoms with Gasteiger partial charge in [0.25, 0.3) is 0 Å². The summed E-state index contributed by atoms with van der Waals surface area (Å²) in [7, 11) is -3.75. The largest absolute Gasteiger partial charge is 0.388 e. The monoisotopic (exact) mass is 276 g/mol. The second kappa shape index (κ2) is 10.3. The number of unbranched alkanes of at least 4 members (excludes halogenated alkanes) is 7. The minimum absolute atomic E-state index is 0.0432. The van der Waals surface area contributed by atoms with Gasteiger partial charge < -0.3 is 9.42 Å². The molecule has 18 heavy (non-hydrogen) atoms. The van der Waals surface area contributed by atoms with E-state index in [1.165, 1.54) is 32.1 Å². The maximum Gasteiger partial charge on any atom is 0.378 e. The van der Waals surface area contributed by atoms with Crippen LogP contribution in [0.4, 0.5) is 0 Å². The third-order valence-electron chi connectivity index (χ3n) is 2.69. The van der Waals surface area contributed by atoms with Gasteiger partial charge in [0.2, 0.25) is 0 Å². The first-order chi connectivity index (χ1) is 8.52. The number of hydrogen-bond donors (Lipinski definition) is 1. The van der Waals surface area contributed by atoms with E-state index in [1.54, 1.807) is 0 Å². The second-order valence-electron chi connectivity index (χ2n) is 4.45. The van der Waals surface area contributed by atoms with Gasteiger partial charge in [0.15, 0.2) is 0 Å². The molecule has 0 aromatic carbocycles. The molecule has 0 aliphatic heterocycles. The zero-order chi connectivity index (χ0) is 13.9. The molecule has 0 heterocycles. The molecule has 0 bridgehead atoms. The summed E-state index contributed by atoms with van der Waals surface area (Å²) < 4.78 is 15.8. The highest BCUT2D eigenvalue weighted by Gasteiger charge is 2.21. The van der Waals surface area contributed by atoms with Gasteiger partial charge in [0, 0.05) is 6.08 Å². The molecule has 1 N–H and O–H groups in total. The van der Waals surface area contributed by atoms with E-state index < -0.39 is 13.6 Å². The summed E-state index contributed by atoms with van der Waals surface area (Å²) in [6.07, 6.45) is 9.72. The Hall–Kier alpha value is -0.600. The van der Waals surface area contributed by atoms with Gasteiger partial charge in [-0.1, -0.05) is 58.4 Å². The first-order valence-corrected chi connectivity index (χ1v) is 8.46. The zero-order valence-electron chi connectivity index (χ0n) is 11.3. The van der Waals surface area contributed by atoms with Crippen LogP contribution >= 0.6 is 7.60 Å². The lowest BCUT2D eigenvalue weighted by molar-refractivity contribution is -0.129. The molecule has 0 radical (unpaired) electrons.